The summed E-state index contributed by atoms with van der Waals surface area (Å²) in [5.74, 6) is 1.59. The molecule has 0 heterocycles. The van der Waals surface area contributed by atoms with E-state index in [2.05, 4.69) is 29.6 Å². The van der Waals surface area contributed by atoms with Gasteiger partial charge in [0.05, 0.1) is 11.5 Å². The van der Waals surface area contributed by atoms with Crippen molar-refractivity contribution in [1.29, 1.82) is 0 Å². The van der Waals surface area contributed by atoms with Crippen LogP contribution in [0.2, 0.25) is 0 Å². The van der Waals surface area contributed by atoms with Gasteiger partial charge in [-0.05, 0) is 68.8 Å². The maximum Gasteiger partial charge on any atom is 0.227 e. The van der Waals surface area contributed by atoms with Crippen LogP contribution in [0.25, 0.3) is 0 Å². The molecular formula is C21H29NO2. The molecule has 2 N–H and O–H groups in total. The van der Waals surface area contributed by atoms with Crippen LogP contribution >= 0.6 is 0 Å². The first-order valence-electron chi connectivity index (χ1n) is 9.69. The number of carbonyl (C=O) groups excluding carboxylic acids is 1. The van der Waals surface area contributed by atoms with Gasteiger partial charge in [0, 0.05) is 6.04 Å². The largest absolute Gasteiger partial charge is 0.393 e. The number of nitrogens with one attached hydrogen (secondary N) is 1. The zero-order chi connectivity index (χ0) is 16.6. The summed E-state index contributed by atoms with van der Waals surface area (Å²) in [6.45, 7) is 0. The van der Waals surface area contributed by atoms with Crippen LogP contribution in [0.3, 0.4) is 0 Å². The van der Waals surface area contributed by atoms with Gasteiger partial charge in [0.25, 0.3) is 0 Å². The standard InChI is InChI=1S/C21H29NO2/c23-19-10-8-18(9-11-19)22-20(24)21(13-15-4-2-1-3-5-15)14-16-6-7-17(21)12-16/h1-5,16-19,23H,6-14H2,(H,22,24)/t16-,17-,18?,19?,21-/m0/s1. The minimum Gasteiger partial charge on any atom is -0.393 e. The van der Waals surface area contributed by atoms with Crippen LogP contribution < -0.4 is 5.32 Å². The molecule has 2 bridgehead atoms. The topological polar surface area (TPSA) is 49.3 Å². The van der Waals surface area contributed by atoms with E-state index in [9.17, 15) is 9.90 Å². The third-order valence-corrected chi connectivity index (χ3v) is 6.82. The lowest BCUT2D eigenvalue weighted by molar-refractivity contribution is -0.135. The van der Waals surface area contributed by atoms with Gasteiger partial charge in [0.1, 0.15) is 0 Å². The van der Waals surface area contributed by atoms with E-state index >= 15 is 0 Å². The lowest BCUT2D eigenvalue weighted by atomic mass is 9.68. The van der Waals surface area contributed by atoms with Crippen LogP contribution in [0.5, 0.6) is 0 Å². The maximum absolute atomic E-state index is 13.3. The number of amides is 1. The van der Waals surface area contributed by atoms with Gasteiger partial charge in [-0.1, -0.05) is 36.8 Å². The lowest BCUT2D eigenvalue weighted by Gasteiger charge is -2.38. The van der Waals surface area contributed by atoms with Gasteiger partial charge in [-0.15, -0.1) is 0 Å². The first kappa shape index (κ1) is 16.1. The quantitative estimate of drug-likeness (QED) is 0.890. The highest BCUT2D eigenvalue weighted by Crippen LogP contribution is 2.57. The van der Waals surface area contributed by atoms with E-state index in [0.717, 1.165) is 44.4 Å². The van der Waals surface area contributed by atoms with Crippen LogP contribution in [0, 0.1) is 17.3 Å². The van der Waals surface area contributed by atoms with E-state index in [1.54, 1.807) is 0 Å². The van der Waals surface area contributed by atoms with Gasteiger partial charge in [0.15, 0.2) is 0 Å². The molecule has 0 spiro atoms. The molecule has 3 heteroatoms. The molecule has 0 saturated heterocycles. The first-order chi connectivity index (χ1) is 11.7. The number of benzene rings is 1. The molecule has 3 atom stereocenters. The van der Waals surface area contributed by atoms with E-state index in [0.29, 0.717) is 11.8 Å². The monoisotopic (exact) mass is 327 g/mol. The summed E-state index contributed by atoms with van der Waals surface area (Å²) in [6, 6.07) is 10.8. The van der Waals surface area contributed by atoms with Crippen molar-refractivity contribution in [2.45, 2.75) is 69.9 Å². The Hall–Kier alpha value is -1.35. The predicted molar refractivity (Wildman–Crippen MR) is 94.4 cm³/mol. The molecule has 3 saturated carbocycles. The molecule has 0 unspecified atom stereocenters. The zero-order valence-electron chi connectivity index (χ0n) is 14.4. The van der Waals surface area contributed by atoms with Gasteiger partial charge < -0.3 is 10.4 Å². The molecule has 1 aromatic rings. The smallest absolute Gasteiger partial charge is 0.227 e. The number of hydrogen-bond acceptors (Lipinski definition) is 2. The summed E-state index contributed by atoms with van der Waals surface area (Å²) in [6.07, 6.45) is 9.03. The van der Waals surface area contributed by atoms with E-state index in [1.165, 1.54) is 24.8 Å². The van der Waals surface area contributed by atoms with Crippen LogP contribution in [0.4, 0.5) is 0 Å². The normalized spacial score (nSPS) is 38.2. The van der Waals surface area contributed by atoms with Gasteiger partial charge in [-0.3, -0.25) is 4.79 Å². The molecule has 24 heavy (non-hydrogen) atoms. The fraction of sp³-hybridized carbons (Fsp3) is 0.667. The van der Waals surface area contributed by atoms with Crippen molar-refractivity contribution < 1.29 is 9.90 Å². The second-order valence-corrected chi connectivity index (χ2v) is 8.38. The predicted octanol–water partition coefficient (Wildman–Crippen LogP) is 3.46. The number of aliphatic hydroxyl groups is 1. The molecule has 1 amide bonds. The summed E-state index contributed by atoms with van der Waals surface area (Å²) < 4.78 is 0. The second kappa shape index (κ2) is 6.51. The van der Waals surface area contributed by atoms with Crippen LogP contribution in [0.15, 0.2) is 30.3 Å². The Kier molecular flexibility index (Phi) is 4.38. The van der Waals surface area contributed by atoms with Crippen LogP contribution in [0.1, 0.15) is 56.9 Å². The Morgan fingerprint density at radius 2 is 1.83 bits per heavy atom. The Morgan fingerprint density at radius 3 is 2.46 bits per heavy atom. The molecule has 0 aliphatic heterocycles. The van der Waals surface area contributed by atoms with Crippen molar-refractivity contribution in [2.24, 2.45) is 17.3 Å². The van der Waals surface area contributed by atoms with E-state index in [4.69, 9.17) is 0 Å². The average molecular weight is 327 g/mol. The van der Waals surface area contributed by atoms with Crippen molar-refractivity contribution in [3.05, 3.63) is 35.9 Å². The van der Waals surface area contributed by atoms with Crippen LogP contribution in [-0.4, -0.2) is 23.2 Å². The Balaban J connectivity index is 1.51. The summed E-state index contributed by atoms with van der Waals surface area (Å²) in [5.41, 5.74) is 1.10. The molecular weight excluding hydrogens is 298 g/mol. The highest BCUT2D eigenvalue weighted by Gasteiger charge is 2.55. The van der Waals surface area contributed by atoms with Crippen LogP contribution in [-0.2, 0) is 11.2 Å². The zero-order valence-corrected chi connectivity index (χ0v) is 14.4. The van der Waals surface area contributed by atoms with E-state index < -0.39 is 0 Å². The summed E-state index contributed by atoms with van der Waals surface area (Å²) in [5, 5.41) is 13.1. The molecule has 1 aromatic carbocycles. The summed E-state index contributed by atoms with van der Waals surface area (Å²) in [4.78, 5) is 13.3. The van der Waals surface area contributed by atoms with Gasteiger partial charge in [-0.2, -0.15) is 0 Å². The molecule has 0 aromatic heterocycles. The molecule has 4 rings (SSSR count). The number of rotatable bonds is 4. The van der Waals surface area contributed by atoms with Crippen molar-refractivity contribution >= 4 is 5.91 Å². The SMILES string of the molecule is O=C(NC1CCC(O)CC1)[C@@]1(Cc2ccccc2)C[C@H]2CC[C@H]1C2. The average Bonchev–Trinajstić information content (AvgIpc) is 3.19. The van der Waals surface area contributed by atoms with Crippen molar-refractivity contribution in [1.82, 2.24) is 5.32 Å². The molecule has 3 aliphatic carbocycles. The third-order valence-electron chi connectivity index (χ3n) is 6.82. The minimum absolute atomic E-state index is 0.168. The molecule has 3 nitrogen and oxygen atoms in total. The number of aliphatic hydroxyl groups excluding tert-OH is 1. The first-order valence-corrected chi connectivity index (χ1v) is 9.69. The molecule has 3 fully saturated rings. The van der Waals surface area contributed by atoms with E-state index in [1.807, 2.05) is 6.07 Å². The number of hydrogen-bond donors (Lipinski definition) is 2. The number of carbonyl (C=O) groups is 1. The van der Waals surface area contributed by atoms with Gasteiger partial charge in [-0.25, -0.2) is 0 Å². The van der Waals surface area contributed by atoms with Crippen molar-refractivity contribution in [3.63, 3.8) is 0 Å². The molecule has 0 radical (unpaired) electrons. The third kappa shape index (κ3) is 2.99. The Bertz CT molecular complexity index is 579. The minimum atomic E-state index is -0.194. The van der Waals surface area contributed by atoms with E-state index in [-0.39, 0.29) is 17.6 Å². The lowest BCUT2D eigenvalue weighted by Crippen LogP contribution is -2.50. The number of fused-ring (bicyclic) bond motifs is 2. The molecule has 3 aliphatic rings. The molecule has 130 valence electrons. The van der Waals surface area contributed by atoms with Gasteiger partial charge in [0.2, 0.25) is 5.91 Å². The fourth-order valence-corrected chi connectivity index (χ4v) is 5.53. The Morgan fingerprint density at radius 1 is 1.08 bits per heavy atom. The fourth-order valence-electron chi connectivity index (χ4n) is 5.53. The highest BCUT2D eigenvalue weighted by atomic mass is 16.3. The summed E-state index contributed by atoms with van der Waals surface area (Å²) in [7, 11) is 0. The van der Waals surface area contributed by atoms with Crippen molar-refractivity contribution in [3.8, 4) is 0 Å². The van der Waals surface area contributed by atoms with Gasteiger partial charge >= 0.3 is 0 Å². The summed E-state index contributed by atoms with van der Waals surface area (Å²) >= 11 is 0. The highest BCUT2D eigenvalue weighted by molar-refractivity contribution is 5.84. The van der Waals surface area contributed by atoms with Crippen molar-refractivity contribution in [2.75, 3.05) is 0 Å². The maximum atomic E-state index is 13.3. The second-order valence-electron chi connectivity index (χ2n) is 8.38. The Labute approximate surface area is 144 Å².